The standard InChI is InChI=1S/C15H16N2O2S/c16-8-12-7-14(20-11-12)10-17-9-13-3-1-2-4-15(13)19-6-5-18/h1-4,7,11,17-18H,5-6,9-10H2. The molecule has 5 heteroatoms. The van der Waals surface area contributed by atoms with Crippen molar-refractivity contribution in [1.82, 2.24) is 5.32 Å². The Hall–Kier alpha value is -1.87. The van der Waals surface area contributed by atoms with E-state index >= 15 is 0 Å². The molecule has 2 aromatic rings. The average Bonchev–Trinajstić information content (AvgIpc) is 2.94. The van der Waals surface area contributed by atoms with Crippen molar-refractivity contribution < 1.29 is 9.84 Å². The number of para-hydroxylation sites is 1. The Labute approximate surface area is 122 Å². The van der Waals surface area contributed by atoms with Crippen LogP contribution in [0.1, 0.15) is 16.0 Å². The number of nitrogens with one attached hydrogen (secondary N) is 1. The number of aliphatic hydroxyl groups is 1. The van der Waals surface area contributed by atoms with Crippen molar-refractivity contribution in [3.05, 3.63) is 51.7 Å². The molecular weight excluding hydrogens is 272 g/mol. The summed E-state index contributed by atoms with van der Waals surface area (Å²) in [5.41, 5.74) is 1.76. The molecular formula is C15H16N2O2S. The third-order valence-corrected chi connectivity index (χ3v) is 3.66. The number of aliphatic hydroxyl groups excluding tert-OH is 1. The van der Waals surface area contributed by atoms with Gasteiger partial charge in [-0.2, -0.15) is 5.26 Å². The first-order valence-corrected chi connectivity index (χ1v) is 7.21. The molecule has 0 fully saturated rings. The van der Waals surface area contributed by atoms with Gasteiger partial charge in [-0.05, 0) is 12.1 Å². The van der Waals surface area contributed by atoms with Crippen LogP contribution in [0.2, 0.25) is 0 Å². The van der Waals surface area contributed by atoms with E-state index in [-0.39, 0.29) is 6.61 Å². The van der Waals surface area contributed by atoms with Gasteiger partial charge >= 0.3 is 0 Å². The molecule has 0 amide bonds. The Morgan fingerprint density at radius 2 is 2.15 bits per heavy atom. The van der Waals surface area contributed by atoms with E-state index in [1.54, 1.807) is 11.3 Å². The maximum Gasteiger partial charge on any atom is 0.123 e. The van der Waals surface area contributed by atoms with E-state index in [1.165, 1.54) is 0 Å². The van der Waals surface area contributed by atoms with Crippen molar-refractivity contribution in [3.8, 4) is 11.8 Å². The minimum atomic E-state index is 0.00783. The van der Waals surface area contributed by atoms with Crippen LogP contribution < -0.4 is 10.1 Å². The summed E-state index contributed by atoms with van der Waals surface area (Å²) in [5.74, 6) is 0.790. The second-order valence-corrected chi connectivity index (χ2v) is 5.19. The highest BCUT2D eigenvalue weighted by atomic mass is 32.1. The lowest BCUT2D eigenvalue weighted by Crippen LogP contribution is -2.13. The van der Waals surface area contributed by atoms with E-state index in [2.05, 4.69) is 11.4 Å². The van der Waals surface area contributed by atoms with E-state index in [0.29, 0.717) is 18.7 Å². The second-order valence-electron chi connectivity index (χ2n) is 4.20. The van der Waals surface area contributed by atoms with Crippen LogP contribution in [0.4, 0.5) is 0 Å². The van der Waals surface area contributed by atoms with Crippen LogP contribution in [-0.2, 0) is 13.1 Å². The maximum absolute atomic E-state index is 8.80. The molecule has 0 saturated carbocycles. The lowest BCUT2D eigenvalue weighted by atomic mass is 10.2. The van der Waals surface area contributed by atoms with Crippen molar-refractivity contribution in [1.29, 1.82) is 5.26 Å². The Balaban J connectivity index is 1.89. The van der Waals surface area contributed by atoms with Gasteiger partial charge in [0.2, 0.25) is 0 Å². The van der Waals surface area contributed by atoms with E-state index in [0.717, 1.165) is 22.7 Å². The van der Waals surface area contributed by atoms with E-state index in [9.17, 15) is 0 Å². The molecule has 1 heterocycles. The fourth-order valence-corrected chi connectivity index (χ4v) is 2.58. The van der Waals surface area contributed by atoms with E-state index in [4.69, 9.17) is 15.1 Å². The van der Waals surface area contributed by atoms with Crippen LogP contribution in [-0.4, -0.2) is 18.3 Å². The zero-order valence-corrected chi connectivity index (χ0v) is 11.8. The number of nitrogens with zero attached hydrogens (tertiary/aromatic N) is 1. The van der Waals surface area contributed by atoms with Gasteiger partial charge in [-0.3, -0.25) is 0 Å². The van der Waals surface area contributed by atoms with Gasteiger partial charge in [-0.15, -0.1) is 11.3 Å². The summed E-state index contributed by atoms with van der Waals surface area (Å²) >= 11 is 1.58. The predicted octanol–water partition coefficient (Wildman–Crippen LogP) is 2.28. The molecule has 0 aliphatic rings. The summed E-state index contributed by atoms with van der Waals surface area (Å²) < 4.78 is 5.48. The average molecular weight is 288 g/mol. The van der Waals surface area contributed by atoms with Crippen molar-refractivity contribution >= 4 is 11.3 Å². The second kappa shape index (κ2) is 7.65. The number of thiophene rings is 1. The zero-order chi connectivity index (χ0) is 14.2. The normalized spacial score (nSPS) is 10.2. The van der Waals surface area contributed by atoms with Gasteiger partial charge in [0.25, 0.3) is 0 Å². The first-order valence-electron chi connectivity index (χ1n) is 6.33. The molecule has 0 unspecified atom stereocenters. The third-order valence-electron chi connectivity index (χ3n) is 2.72. The Morgan fingerprint density at radius 3 is 2.90 bits per heavy atom. The van der Waals surface area contributed by atoms with Crippen molar-refractivity contribution in [2.75, 3.05) is 13.2 Å². The van der Waals surface area contributed by atoms with Gasteiger partial charge in [0.05, 0.1) is 12.2 Å². The molecule has 0 bridgehead atoms. The van der Waals surface area contributed by atoms with Crippen LogP contribution in [0.3, 0.4) is 0 Å². The van der Waals surface area contributed by atoms with Gasteiger partial charge in [0.15, 0.2) is 0 Å². The number of ether oxygens (including phenoxy) is 1. The monoisotopic (exact) mass is 288 g/mol. The summed E-state index contributed by atoms with van der Waals surface area (Å²) in [6.07, 6.45) is 0. The van der Waals surface area contributed by atoms with Crippen molar-refractivity contribution in [2.24, 2.45) is 0 Å². The van der Waals surface area contributed by atoms with Crippen LogP contribution >= 0.6 is 11.3 Å². The van der Waals surface area contributed by atoms with Gasteiger partial charge in [-0.25, -0.2) is 0 Å². The Kier molecular flexibility index (Phi) is 5.56. The molecule has 4 nitrogen and oxygen atoms in total. The molecule has 20 heavy (non-hydrogen) atoms. The predicted molar refractivity (Wildman–Crippen MR) is 78.6 cm³/mol. The van der Waals surface area contributed by atoms with Gasteiger partial charge in [-0.1, -0.05) is 18.2 Å². The summed E-state index contributed by atoms with van der Waals surface area (Å²) in [4.78, 5) is 1.13. The van der Waals surface area contributed by atoms with Gasteiger partial charge < -0.3 is 15.2 Å². The Bertz CT molecular complexity index is 590. The van der Waals surface area contributed by atoms with E-state index in [1.807, 2.05) is 35.7 Å². The molecule has 0 spiro atoms. The van der Waals surface area contributed by atoms with Crippen LogP contribution in [0, 0.1) is 11.3 Å². The van der Waals surface area contributed by atoms with Gasteiger partial charge in [0, 0.05) is 28.9 Å². The smallest absolute Gasteiger partial charge is 0.123 e. The summed E-state index contributed by atoms with van der Waals surface area (Å²) in [7, 11) is 0. The highest BCUT2D eigenvalue weighted by molar-refractivity contribution is 7.10. The minimum absolute atomic E-state index is 0.00783. The first-order chi connectivity index (χ1) is 9.83. The van der Waals surface area contributed by atoms with Crippen LogP contribution in [0.25, 0.3) is 0 Å². The van der Waals surface area contributed by atoms with Gasteiger partial charge in [0.1, 0.15) is 18.4 Å². The largest absolute Gasteiger partial charge is 0.491 e. The summed E-state index contributed by atoms with van der Waals surface area (Å²) in [5, 5.41) is 22.8. The first kappa shape index (κ1) is 14.5. The molecule has 0 atom stereocenters. The molecule has 104 valence electrons. The number of hydrogen-bond acceptors (Lipinski definition) is 5. The lowest BCUT2D eigenvalue weighted by molar-refractivity contribution is 0.200. The fourth-order valence-electron chi connectivity index (χ4n) is 1.80. The maximum atomic E-state index is 8.80. The number of benzene rings is 1. The van der Waals surface area contributed by atoms with Crippen molar-refractivity contribution in [2.45, 2.75) is 13.1 Å². The lowest BCUT2D eigenvalue weighted by Gasteiger charge is -2.11. The zero-order valence-electron chi connectivity index (χ0n) is 11.0. The van der Waals surface area contributed by atoms with Crippen molar-refractivity contribution in [3.63, 3.8) is 0 Å². The fraction of sp³-hybridized carbons (Fsp3) is 0.267. The van der Waals surface area contributed by atoms with Crippen LogP contribution in [0.15, 0.2) is 35.7 Å². The quantitative estimate of drug-likeness (QED) is 0.820. The number of hydrogen-bond donors (Lipinski definition) is 2. The minimum Gasteiger partial charge on any atom is -0.491 e. The molecule has 0 radical (unpaired) electrons. The number of nitriles is 1. The molecule has 1 aromatic heterocycles. The van der Waals surface area contributed by atoms with E-state index < -0.39 is 0 Å². The third kappa shape index (κ3) is 4.07. The topological polar surface area (TPSA) is 65.3 Å². The molecule has 0 saturated heterocycles. The Morgan fingerprint density at radius 1 is 1.30 bits per heavy atom. The highest BCUT2D eigenvalue weighted by Gasteiger charge is 2.03. The highest BCUT2D eigenvalue weighted by Crippen LogP contribution is 2.18. The summed E-state index contributed by atoms with van der Waals surface area (Å²) in [6.45, 7) is 1.71. The molecule has 0 aliphatic heterocycles. The van der Waals surface area contributed by atoms with Crippen LogP contribution in [0.5, 0.6) is 5.75 Å². The number of rotatable bonds is 7. The molecule has 2 rings (SSSR count). The summed E-state index contributed by atoms with van der Waals surface area (Å²) in [6, 6.07) is 11.8. The SMILES string of the molecule is N#Cc1csc(CNCc2ccccc2OCCO)c1. The molecule has 2 N–H and O–H groups in total. The molecule has 0 aliphatic carbocycles. The molecule has 1 aromatic carbocycles.